The molecular weight excluding hydrogens is 337 g/mol. The SMILES string of the molecule is O=S(=O)(c1ccc(F)cc1)N1CCC(C2C=CCC=C2Cl)CC1. The van der Waals surface area contributed by atoms with Gasteiger partial charge < -0.3 is 0 Å². The number of sulfonamides is 1. The van der Waals surface area contributed by atoms with Crippen molar-refractivity contribution in [1.82, 2.24) is 4.31 Å². The van der Waals surface area contributed by atoms with Crippen molar-refractivity contribution in [2.24, 2.45) is 11.8 Å². The van der Waals surface area contributed by atoms with Gasteiger partial charge in [-0.1, -0.05) is 29.8 Å². The number of allylic oxidation sites excluding steroid dienone is 4. The van der Waals surface area contributed by atoms with Gasteiger partial charge in [-0.05, 0) is 49.4 Å². The van der Waals surface area contributed by atoms with E-state index in [1.807, 2.05) is 6.08 Å². The molecule has 0 spiro atoms. The van der Waals surface area contributed by atoms with E-state index in [4.69, 9.17) is 11.6 Å². The average molecular weight is 356 g/mol. The fraction of sp³-hybridized carbons (Fsp3) is 0.412. The van der Waals surface area contributed by atoms with Gasteiger partial charge in [0.05, 0.1) is 4.90 Å². The van der Waals surface area contributed by atoms with Crippen molar-refractivity contribution < 1.29 is 12.8 Å². The van der Waals surface area contributed by atoms with Crippen LogP contribution in [0.15, 0.2) is 52.4 Å². The van der Waals surface area contributed by atoms with Crippen LogP contribution in [0.1, 0.15) is 19.3 Å². The summed E-state index contributed by atoms with van der Waals surface area (Å²) >= 11 is 6.30. The Morgan fingerprint density at radius 1 is 1.13 bits per heavy atom. The highest BCUT2D eigenvalue weighted by molar-refractivity contribution is 7.89. The molecule has 1 aromatic carbocycles. The third-order valence-electron chi connectivity index (χ3n) is 4.57. The van der Waals surface area contributed by atoms with Gasteiger partial charge in [-0.15, -0.1) is 0 Å². The van der Waals surface area contributed by atoms with Gasteiger partial charge in [0, 0.05) is 24.0 Å². The number of piperidine rings is 1. The van der Waals surface area contributed by atoms with Crippen LogP contribution in [0.5, 0.6) is 0 Å². The van der Waals surface area contributed by atoms with Crippen LogP contribution >= 0.6 is 11.6 Å². The Bertz CT molecular complexity index is 719. The molecular formula is C17H19ClFNO2S. The summed E-state index contributed by atoms with van der Waals surface area (Å²) in [7, 11) is -3.55. The summed E-state index contributed by atoms with van der Waals surface area (Å²) in [5.74, 6) is 0.143. The molecule has 1 saturated heterocycles. The van der Waals surface area contributed by atoms with Crippen molar-refractivity contribution in [2.75, 3.05) is 13.1 Å². The molecule has 1 aliphatic carbocycles. The Labute approximate surface area is 141 Å². The average Bonchev–Trinajstić information content (AvgIpc) is 2.56. The fourth-order valence-electron chi connectivity index (χ4n) is 3.25. The predicted octanol–water partition coefficient (Wildman–Crippen LogP) is 3.93. The van der Waals surface area contributed by atoms with Crippen molar-refractivity contribution in [3.63, 3.8) is 0 Å². The van der Waals surface area contributed by atoms with Crippen molar-refractivity contribution in [1.29, 1.82) is 0 Å². The number of rotatable bonds is 3. The van der Waals surface area contributed by atoms with E-state index in [1.54, 1.807) is 0 Å². The summed E-state index contributed by atoms with van der Waals surface area (Å²) in [6.45, 7) is 0.942. The lowest BCUT2D eigenvalue weighted by Crippen LogP contribution is -2.40. The van der Waals surface area contributed by atoms with E-state index in [2.05, 4.69) is 12.2 Å². The summed E-state index contributed by atoms with van der Waals surface area (Å²) in [6, 6.07) is 4.99. The zero-order chi connectivity index (χ0) is 16.4. The number of benzene rings is 1. The van der Waals surface area contributed by atoms with Gasteiger partial charge in [-0.25, -0.2) is 12.8 Å². The molecule has 3 rings (SSSR count). The van der Waals surface area contributed by atoms with E-state index < -0.39 is 15.8 Å². The van der Waals surface area contributed by atoms with Gasteiger partial charge >= 0.3 is 0 Å². The monoisotopic (exact) mass is 355 g/mol. The third-order valence-corrected chi connectivity index (χ3v) is 6.89. The first-order valence-electron chi connectivity index (χ1n) is 7.76. The molecule has 1 aromatic rings. The molecule has 1 heterocycles. The molecule has 0 N–H and O–H groups in total. The molecule has 0 amide bonds. The smallest absolute Gasteiger partial charge is 0.207 e. The second-order valence-electron chi connectivity index (χ2n) is 5.97. The first-order valence-corrected chi connectivity index (χ1v) is 9.58. The lowest BCUT2D eigenvalue weighted by molar-refractivity contribution is 0.248. The van der Waals surface area contributed by atoms with E-state index in [1.165, 1.54) is 28.6 Å². The molecule has 23 heavy (non-hydrogen) atoms. The quantitative estimate of drug-likeness (QED) is 0.770. The van der Waals surface area contributed by atoms with Crippen molar-refractivity contribution in [2.45, 2.75) is 24.2 Å². The van der Waals surface area contributed by atoms with Crippen LogP contribution in [0.3, 0.4) is 0 Å². The highest BCUT2D eigenvalue weighted by Gasteiger charge is 2.33. The van der Waals surface area contributed by atoms with Crippen molar-refractivity contribution in [3.05, 3.63) is 53.3 Å². The third kappa shape index (κ3) is 3.52. The minimum atomic E-state index is -3.55. The van der Waals surface area contributed by atoms with Crippen LogP contribution in [-0.4, -0.2) is 25.8 Å². The summed E-state index contributed by atoms with van der Waals surface area (Å²) in [4.78, 5) is 0.146. The number of halogens is 2. The van der Waals surface area contributed by atoms with Crippen molar-refractivity contribution >= 4 is 21.6 Å². The summed E-state index contributed by atoms with van der Waals surface area (Å²) in [5, 5.41) is 0.868. The second-order valence-corrected chi connectivity index (χ2v) is 8.35. The Hall–Kier alpha value is -1.17. The summed E-state index contributed by atoms with van der Waals surface area (Å²) in [5.41, 5.74) is 0. The molecule has 0 aromatic heterocycles. The number of nitrogens with zero attached hydrogens (tertiary/aromatic N) is 1. The molecule has 1 atom stereocenters. The Kier molecular flexibility index (Phi) is 4.90. The topological polar surface area (TPSA) is 37.4 Å². The van der Waals surface area contributed by atoms with Crippen LogP contribution < -0.4 is 0 Å². The van der Waals surface area contributed by atoms with Gasteiger partial charge in [0.2, 0.25) is 10.0 Å². The van der Waals surface area contributed by atoms with Crippen LogP contribution in [0.25, 0.3) is 0 Å². The zero-order valence-electron chi connectivity index (χ0n) is 12.7. The summed E-state index contributed by atoms with van der Waals surface area (Å²) < 4.78 is 39.7. The molecule has 1 unspecified atom stereocenters. The van der Waals surface area contributed by atoms with E-state index in [0.29, 0.717) is 19.0 Å². The van der Waals surface area contributed by atoms with Crippen LogP contribution in [0, 0.1) is 17.7 Å². The normalized spacial score (nSPS) is 23.7. The van der Waals surface area contributed by atoms with E-state index in [9.17, 15) is 12.8 Å². The molecule has 124 valence electrons. The summed E-state index contributed by atoms with van der Waals surface area (Å²) in [6.07, 6.45) is 8.69. The standard InChI is InChI=1S/C17H19ClFNO2S/c18-17-4-2-1-3-16(17)13-9-11-20(12-10-13)23(21,22)15-7-5-14(19)6-8-15/h1,3-8,13,16H,2,9-12H2. The molecule has 6 heteroatoms. The lowest BCUT2D eigenvalue weighted by Gasteiger charge is -2.35. The maximum atomic E-state index is 13.0. The maximum Gasteiger partial charge on any atom is 0.243 e. The number of hydrogen-bond acceptors (Lipinski definition) is 2. The lowest BCUT2D eigenvalue weighted by atomic mass is 9.82. The maximum absolute atomic E-state index is 13.0. The van der Waals surface area contributed by atoms with E-state index in [0.717, 1.165) is 24.3 Å². The molecule has 1 aliphatic heterocycles. The Morgan fingerprint density at radius 2 is 1.78 bits per heavy atom. The van der Waals surface area contributed by atoms with Gasteiger partial charge in [-0.2, -0.15) is 4.31 Å². The van der Waals surface area contributed by atoms with Crippen LogP contribution in [-0.2, 0) is 10.0 Å². The van der Waals surface area contributed by atoms with Gasteiger partial charge in [0.15, 0.2) is 0 Å². The van der Waals surface area contributed by atoms with Gasteiger partial charge in [-0.3, -0.25) is 0 Å². The minimum Gasteiger partial charge on any atom is -0.207 e. The largest absolute Gasteiger partial charge is 0.243 e. The van der Waals surface area contributed by atoms with E-state index >= 15 is 0 Å². The molecule has 0 bridgehead atoms. The fourth-order valence-corrected chi connectivity index (χ4v) is 5.06. The van der Waals surface area contributed by atoms with Crippen molar-refractivity contribution in [3.8, 4) is 0 Å². The molecule has 1 fully saturated rings. The molecule has 0 saturated carbocycles. The number of hydrogen-bond donors (Lipinski definition) is 0. The first kappa shape index (κ1) is 16.7. The van der Waals surface area contributed by atoms with Crippen LogP contribution in [0.4, 0.5) is 4.39 Å². The minimum absolute atomic E-state index is 0.146. The van der Waals surface area contributed by atoms with Crippen LogP contribution in [0.2, 0.25) is 0 Å². The molecule has 2 aliphatic rings. The first-order chi connectivity index (χ1) is 11.0. The highest BCUT2D eigenvalue weighted by atomic mass is 35.5. The van der Waals surface area contributed by atoms with Gasteiger partial charge in [0.1, 0.15) is 5.82 Å². The second kappa shape index (κ2) is 6.75. The highest BCUT2D eigenvalue weighted by Crippen LogP contribution is 2.36. The Balaban J connectivity index is 1.69. The predicted molar refractivity (Wildman–Crippen MR) is 89.1 cm³/mol. The Morgan fingerprint density at radius 3 is 2.39 bits per heavy atom. The van der Waals surface area contributed by atoms with Gasteiger partial charge in [0.25, 0.3) is 0 Å². The molecule has 3 nitrogen and oxygen atoms in total. The molecule has 0 radical (unpaired) electrons. The zero-order valence-corrected chi connectivity index (χ0v) is 14.2. The van der Waals surface area contributed by atoms with E-state index in [-0.39, 0.29) is 10.8 Å².